The van der Waals surface area contributed by atoms with Crippen molar-refractivity contribution in [1.29, 1.82) is 0 Å². The fraction of sp³-hybridized carbons (Fsp3) is 0.571. The van der Waals surface area contributed by atoms with Crippen LogP contribution in [-0.2, 0) is 11.3 Å². The maximum absolute atomic E-state index is 5.34. The molecule has 1 aromatic carbocycles. The molecular formula is C14H21N5O. The zero-order valence-corrected chi connectivity index (χ0v) is 11.6. The molecule has 1 saturated heterocycles. The Morgan fingerprint density at radius 2 is 2.05 bits per heavy atom. The summed E-state index contributed by atoms with van der Waals surface area (Å²) in [7, 11) is 0. The van der Waals surface area contributed by atoms with Crippen LogP contribution in [0.15, 0.2) is 18.2 Å². The second-order valence-corrected chi connectivity index (χ2v) is 5.13. The minimum Gasteiger partial charge on any atom is -0.379 e. The van der Waals surface area contributed by atoms with E-state index < -0.39 is 0 Å². The molecule has 2 aromatic rings. The maximum atomic E-state index is 5.34. The molecule has 0 spiro atoms. The van der Waals surface area contributed by atoms with Gasteiger partial charge in [-0.15, -0.1) is 0 Å². The van der Waals surface area contributed by atoms with E-state index in [1.54, 1.807) is 0 Å². The first-order chi connectivity index (χ1) is 9.92. The van der Waals surface area contributed by atoms with Crippen molar-refractivity contribution in [2.75, 3.05) is 39.4 Å². The van der Waals surface area contributed by atoms with Crippen molar-refractivity contribution in [3.8, 4) is 0 Å². The van der Waals surface area contributed by atoms with Gasteiger partial charge in [0.05, 0.1) is 13.2 Å². The van der Waals surface area contributed by atoms with Gasteiger partial charge in [0.15, 0.2) is 0 Å². The number of nitrogens with zero attached hydrogens (tertiary/aromatic N) is 3. The Kier molecular flexibility index (Phi) is 4.57. The van der Waals surface area contributed by atoms with Gasteiger partial charge in [0.25, 0.3) is 0 Å². The number of fused-ring (bicyclic) bond motifs is 1. The fourth-order valence-corrected chi connectivity index (χ4v) is 2.48. The van der Waals surface area contributed by atoms with Gasteiger partial charge in [-0.1, -0.05) is 6.07 Å². The molecule has 1 aromatic heterocycles. The Labute approximate surface area is 118 Å². The summed E-state index contributed by atoms with van der Waals surface area (Å²) >= 11 is 0. The highest BCUT2D eigenvalue weighted by atomic mass is 16.5. The Morgan fingerprint density at radius 3 is 2.95 bits per heavy atom. The van der Waals surface area contributed by atoms with Crippen molar-refractivity contribution in [3.63, 3.8) is 0 Å². The lowest BCUT2D eigenvalue weighted by molar-refractivity contribution is 0.0374. The number of hydrogen-bond donors (Lipinski definition) is 2. The Balaban J connectivity index is 1.36. The molecule has 20 heavy (non-hydrogen) atoms. The molecule has 108 valence electrons. The number of aromatic nitrogens is 3. The lowest BCUT2D eigenvalue weighted by Crippen LogP contribution is -2.37. The summed E-state index contributed by atoms with van der Waals surface area (Å²) in [5, 5.41) is 14.3. The molecule has 2 N–H and O–H groups in total. The summed E-state index contributed by atoms with van der Waals surface area (Å²) in [6.45, 7) is 6.97. The van der Waals surface area contributed by atoms with Gasteiger partial charge in [-0.2, -0.15) is 15.4 Å². The summed E-state index contributed by atoms with van der Waals surface area (Å²) in [5.74, 6) is 0. The van der Waals surface area contributed by atoms with Crippen LogP contribution < -0.4 is 5.32 Å². The van der Waals surface area contributed by atoms with E-state index in [1.165, 1.54) is 12.0 Å². The predicted octanol–water partition coefficient (Wildman–Crippen LogP) is 0.770. The standard InChI is InChI=1S/C14H21N5O/c1(5-19-6-8-20-9-7-19)4-15-11-12-2-3-13-14(10-12)17-18-16-13/h2-3,10,15H,1,4-9,11H2,(H,16,17,18). The molecule has 0 aliphatic carbocycles. The summed E-state index contributed by atoms with van der Waals surface area (Å²) in [5.41, 5.74) is 3.09. The van der Waals surface area contributed by atoms with Gasteiger partial charge in [-0.05, 0) is 37.2 Å². The molecule has 1 aliphatic heterocycles. The molecule has 0 atom stereocenters. The number of rotatable bonds is 6. The van der Waals surface area contributed by atoms with E-state index in [2.05, 4.69) is 37.8 Å². The normalized spacial score (nSPS) is 16.8. The van der Waals surface area contributed by atoms with Crippen LogP contribution in [0.3, 0.4) is 0 Å². The van der Waals surface area contributed by atoms with E-state index in [4.69, 9.17) is 4.74 Å². The van der Waals surface area contributed by atoms with E-state index in [9.17, 15) is 0 Å². The quantitative estimate of drug-likeness (QED) is 0.762. The zero-order valence-electron chi connectivity index (χ0n) is 11.6. The van der Waals surface area contributed by atoms with Crippen molar-refractivity contribution < 1.29 is 4.74 Å². The highest BCUT2D eigenvalue weighted by molar-refractivity contribution is 5.74. The molecule has 1 fully saturated rings. The molecule has 6 nitrogen and oxygen atoms in total. The molecule has 0 amide bonds. The van der Waals surface area contributed by atoms with E-state index in [0.717, 1.165) is 57.0 Å². The molecule has 1 aliphatic rings. The van der Waals surface area contributed by atoms with Crippen molar-refractivity contribution >= 4 is 11.0 Å². The van der Waals surface area contributed by atoms with Crippen molar-refractivity contribution in [3.05, 3.63) is 23.8 Å². The smallest absolute Gasteiger partial charge is 0.113 e. The Morgan fingerprint density at radius 1 is 1.20 bits per heavy atom. The lowest BCUT2D eigenvalue weighted by Gasteiger charge is -2.26. The fourth-order valence-electron chi connectivity index (χ4n) is 2.48. The summed E-state index contributed by atoms with van der Waals surface area (Å²) in [6.07, 6.45) is 1.17. The van der Waals surface area contributed by atoms with Gasteiger partial charge in [-0.3, -0.25) is 4.90 Å². The van der Waals surface area contributed by atoms with Crippen molar-refractivity contribution in [2.24, 2.45) is 0 Å². The number of ether oxygens (including phenoxy) is 1. The largest absolute Gasteiger partial charge is 0.379 e. The minimum atomic E-state index is 0.880. The summed E-state index contributed by atoms with van der Waals surface area (Å²) in [6, 6.07) is 6.18. The molecule has 0 unspecified atom stereocenters. The number of aromatic amines is 1. The third-order valence-electron chi connectivity index (χ3n) is 3.64. The first-order valence-electron chi connectivity index (χ1n) is 7.22. The van der Waals surface area contributed by atoms with Crippen LogP contribution in [0.5, 0.6) is 0 Å². The minimum absolute atomic E-state index is 0.880. The van der Waals surface area contributed by atoms with Crippen molar-refractivity contribution in [2.45, 2.75) is 13.0 Å². The molecule has 0 saturated carbocycles. The molecule has 0 bridgehead atoms. The van der Waals surface area contributed by atoms with Crippen LogP contribution >= 0.6 is 0 Å². The SMILES string of the molecule is c1cc2n[nH]nc2cc1CNCCCN1CCOCC1. The van der Waals surface area contributed by atoms with Gasteiger partial charge in [0.1, 0.15) is 11.0 Å². The number of hydrogen-bond acceptors (Lipinski definition) is 5. The second kappa shape index (κ2) is 6.78. The topological polar surface area (TPSA) is 66.1 Å². The van der Waals surface area contributed by atoms with Gasteiger partial charge in [-0.25, -0.2) is 0 Å². The number of benzene rings is 1. The lowest BCUT2D eigenvalue weighted by atomic mass is 10.2. The zero-order chi connectivity index (χ0) is 13.6. The summed E-state index contributed by atoms with van der Waals surface area (Å²) in [4.78, 5) is 2.46. The van der Waals surface area contributed by atoms with E-state index in [1.807, 2.05) is 6.07 Å². The van der Waals surface area contributed by atoms with Gasteiger partial charge >= 0.3 is 0 Å². The average molecular weight is 275 g/mol. The third kappa shape index (κ3) is 3.53. The van der Waals surface area contributed by atoms with Crippen molar-refractivity contribution in [1.82, 2.24) is 25.6 Å². The maximum Gasteiger partial charge on any atom is 0.113 e. The number of H-pyrrole nitrogens is 1. The Hall–Kier alpha value is -1.50. The summed E-state index contributed by atoms with van der Waals surface area (Å²) < 4.78 is 5.34. The van der Waals surface area contributed by atoms with Crippen LogP contribution in [0, 0.1) is 0 Å². The molecule has 0 radical (unpaired) electrons. The molecular weight excluding hydrogens is 254 g/mol. The first kappa shape index (κ1) is 13.5. The van der Waals surface area contributed by atoms with Crippen LogP contribution in [0.4, 0.5) is 0 Å². The average Bonchev–Trinajstić information content (AvgIpc) is 2.95. The van der Waals surface area contributed by atoms with E-state index >= 15 is 0 Å². The van der Waals surface area contributed by atoms with E-state index in [-0.39, 0.29) is 0 Å². The molecule has 2 heterocycles. The second-order valence-electron chi connectivity index (χ2n) is 5.13. The highest BCUT2D eigenvalue weighted by Gasteiger charge is 2.08. The Bertz CT molecular complexity index is 535. The number of nitrogens with one attached hydrogen (secondary N) is 2. The van der Waals surface area contributed by atoms with Gasteiger partial charge < -0.3 is 10.1 Å². The van der Waals surface area contributed by atoms with Crippen LogP contribution in [0.1, 0.15) is 12.0 Å². The van der Waals surface area contributed by atoms with Crippen LogP contribution in [0.25, 0.3) is 11.0 Å². The molecule has 6 heteroatoms. The van der Waals surface area contributed by atoms with E-state index in [0.29, 0.717) is 0 Å². The first-order valence-corrected chi connectivity index (χ1v) is 7.22. The number of morpholine rings is 1. The monoisotopic (exact) mass is 275 g/mol. The third-order valence-corrected chi connectivity index (χ3v) is 3.64. The van der Waals surface area contributed by atoms with Crippen LogP contribution in [0.2, 0.25) is 0 Å². The van der Waals surface area contributed by atoms with Gasteiger partial charge in [0, 0.05) is 19.6 Å². The highest BCUT2D eigenvalue weighted by Crippen LogP contribution is 2.10. The van der Waals surface area contributed by atoms with Gasteiger partial charge in [0.2, 0.25) is 0 Å². The molecule has 3 rings (SSSR count). The van der Waals surface area contributed by atoms with Crippen LogP contribution in [-0.4, -0.2) is 59.7 Å². The predicted molar refractivity (Wildman–Crippen MR) is 77.5 cm³/mol.